The van der Waals surface area contributed by atoms with Crippen LogP contribution < -0.4 is 5.56 Å². The summed E-state index contributed by atoms with van der Waals surface area (Å²) in [5.74, 6) is 0.414. The summed E-state index contributed by atoms with van der Waals surface area (Å²) in [6.07, 6.45) is 0. The van der Waals surface area contributed by atoms with E-state index >= 15 is 0 Å². The molecule has 0 spiro atoms. The molecule has 2 rings (SSSR count). The standard InChI is InChI=1S/C7H4ClNO2S/c8-5-6(11-9-7(5)10)4-2-1-3-12-4/h1-3H,(H,9,10). The normalized spacial score (nSPS) is 10.4. The zero-order chi connectivity index (χ0) is 8.55. The van der Waals surface area contributed by atoms with Gasteiger partial charge in [0.2, 0.25) is 0 Å². The monoisotopic (exact) mass is 201 g/mol. The van der Waals surface area contributed by atoms with Gasteiger partial charge in [0.05, 0.1) is 4.88 Å². The van der Waals surface area contributed by atoms with Crippen LogP contribution in [-0.4, -0.2) is 5.16 Å². The highest BCUT2D eigenvalue weighted by atomic mass is 35.5. The van der Waals surface area contributed by atoms with Crippen LogP contribution in [0.5, 0.6) is 0 Å². The molecule has 0 aliphatic heterocycles. The van der Waals surface area contributed by atoms with Crippen LogP contribution in [0.4, 0.5) is 0 Å². The van der Waals surface area contributed by atoms with E-state index in [9.17, 15) is 4.79 Å². The van der Waals surface area contributed by atoms with Crippen molar-refractivity contribution in [2.24, 2.45) is 0 Å². The Hall–Kier alpha value is -1.00. The maximum Gasteiger partial charge on any atom is 0.299 e. The first-order valence-corrected chi connectivity index (χ1v) is 4.45. The van der Waals surface area contributed by atoms with Gasteiger partial charge in [0.25, 0.3) is 5.56 Å². The second-order valence-electron chi connectivity index (χ2n) is 2.15. The summed E-state index contributed by atoms with van der Waals surface area (Å²) in [5.41, 5.74) is -0.389. The fourth-order valence-electron chi connectivity index (χ4n) is 0.856. The second-order valence-corrected chi connectivity index (χ2v) is 3.48. The number of H-pyrrole nitrogens is 1. The van der Waals surface area contributed by atoms with Crippen molar-refractivity contribution in [3.63, 3.8) is 0 Å². The van der Waals surface area contributed by atoms with Crippen molar-refractivity contribution in [2.45, 2.75) is 0 Å². The quantitative estimate of drug-likeness (QED) is 0.770. The number of thiophene rings is 1. The van der Waals surface area contributed by atoms with E-state index in [4.69, 9.17) is 16.1 Å². The number of aromatic nitrogens is 1. The number of aromatic amines is 1. The molecule has 0 aliphatic rings. The topological polar surface area (TPSA) is 46.0 Å². The minimum Gasteiger partial charge on any atom is -0.376 e. The smallest absolute Gasteiger partial charge is 0.299 e. The SMILES string of the molecule is O=c1[nH]oc(-c2cccs2)c1Cl. The van der Waals surface area contributed by atoms with Gasteiger partial charge in [0, 0.05) is 0 Å². The Kier molecular flexibility index (Phi) is 1.78. The predicted molar refractivity (Wildman–Crippen MR) is 47.7 cm³/mol. The molecular formula is C7H4ClNO2S. The van der Waals surface area contributed by atoms with Crippen molar-refractivity contribution >= 4 is 22.9 Å². The largest absolute Gasteiger partial charge is 0.376 e. The molecule has 62 valence electrons. The summed E-state index contributed by atoms with van der Waals surface area (Å²) >= 11 is 7.14. The van der Waals surface area contributed by atoms with Gasteiger partial charge in [-0.3, -0.25) is 4.79 Å². The predicted octanol–water partition coefficient (Wildman–Crippen LogP) is 2.35. The van der Waals surface area contributed by atoms with Gasteiger partial charge in [0.1, 0.15) is 0 Å². The first kappa shape index (κ1) is 7.64. The number of rotatable bonds is 1. The van der Waals surface area contributed by atoms with Gasteiger partial charge in [-0.15, -0.1) is 11.3 Å². The summed E-state index contributed by atoms with van der Waals surface area (Å²) in [5, 5.41) is 4.17. The molecular weight excluding hydrogens is 198 g/mol. The fraction of sp³-hybridized carbons (Fsp3) is 0. The Morgan fingerprint density at radius 1 is 1.58 bits per heavy atom. The summed E-state index contributed by atoms with van der Waals surface area (Å²) in [4.78, 5) is 11.7. The third-order valence-corrected chi connectivity index (χ3v) is 2.60. The van der Waals surface area contributed by atoms with Crippen LogP contribution >= 0.6 is 22.9 Å². The maximum atomic E-state index is 10.9. The highest BCUT2D eigenvalue weighted by Crippen LogP contribution is 2.28. The van der Waals surface area contributed by atoms with E-state index < -0.39 is 0 Å². The molecule has 1 N–H and O–H groups in total. The summed E-state index contributed by atoms with van der Waals surface area (Å²) in [6.45, 7) is 0. The Morgan fingerprint density at radius 3 is 2.92 bits per heavy atom. The third kappa shape index (κ3) is 1.09. The highest BCUT2D eigenvalue weighted by Gasteiger charge is 2.12. The van der Waals surface area contributed by atoms with Crippen molar-refractivity contribution in [2.75, 3.05) is 0 Å². The number of hydrogen-bond donors (Lipinski definition) is 1. The molecule has 0 aromatic carbocycles. The van der Waals surface area contributed by atoms with Gasteiger partial charge in [-0.25, -0.2) is 0 Å². The lowest BCUT2D eigenvalue weighted by atomic mass is 10.4. The van der Waals surface area contributed by atoms with Crippen LogP contribution in [-0.2, 0) is 0 Å². The fourth-order valence-corrected chi connectivity index (χ4v) is 1.80. The average molecular weight is 202 g/mol. The molecule has 0 saturated heterocycles. The van der Waals surface area contributed by atoms with Crippen molar-refractivity contribution in [3.8, 4) is 10.6 Å². The van der Waals surface area contributed by atoms with Crippen molar-refractivity contribution in [3.05, 3.63) is 32.9 Å². The summed E-state index contributed by atoms with van der Waals surface area (Å²) < 4.78 is 4.88. The van der Waals surface area contributed by atoms with E-state index in [-0.39, 0.29) is 10.6 Å². The van der Waals surface area contributed by atoms with Crippen molar-refractivity contribution in [1.29, 1.82) is 0 Å². The van der Waals surface area contributed by atoms with E-state index in [0.29, 0.717) is 5.76 Å². The van der Waals surface area contributed by atoms with Crippen LogP contribution in [0, 0.1) is 0 Å². The van der Waals surface area contributed by atoms with Crippen LogP contribution in [0.2, 0.25) is 5.02 Å². The molecule has 0 unspecified atom stereocenters. The van der Waals surface area contributed by atoms with Crippen LogP contribution in [0.1, 0.15) is 0 Å². The van der Waals surface area contributed by atoms with Crippen molar-refractivity contribution < 1.29 is 4.52 Å². The minimum absolute atomic E-state index is 0.109. The number of nitrogens with one attached hydrogen (secondary N) is 1. The van der Waals surface area contributed by atoms with Gasteiger partial charge < -0.3 is 4.52 Å². The first-order valence-electron chi connectivity index (χ1n) is 3.20. The third-order valence-electron chi connectivity index (χ3n) is 1.39. The number of halogens is 1. The van der Waals surface area contributed by atoms with Crippen LogP contribution in [0.25, 0.3) is 10.6 Å². The summed E-state index contributed by atoms with van der Waals surface area (Å²) in [7, 11) is 0. The summed E-state index contributed by atoms with van der Waals surface area (Å²) in [6, 6.07) is 3.70. The molecule has 5 heteroatoms. The Morgan fingerprint density at radius 2 is 2.42 bits per heavy atom. The molecule has 0 fully saturated rings. The first-order chi connectivity index (χ1) is 5.79. The van der Waals surface area contributed by atoms with Gasteiger partial charge in [-0.2, -0.15) is 5.16 Å². The zero-order valence-corrected chi connectivity index (χ0v) is 7.41. The Labute approximate surface area is 76.6 Å². The average Bonchev–Trinajstić information content (AvgIpc) is 2.64. The van der Waals surface area contributed by atoms with E-state index in [2.05, 4.69) is 5.16 Å². The van der Waals surface area contributed by atoms with E-state index in [1.807, 2.05) is 17.5 Å². The molecule has 12 heavy (non-hydrogen) atoms. The van der Waals surface area contributed by atoms with E-state index in [1.165, 1.54) is 11.3 Å². The molecule has 0 atom stereocenters. The molecule has 0 bridgehead atoms. The highest BCUT2D eigenvalue weighted by molar-refractivity contribution is 7.13. The lowest BCUT2D eigenvalue weighted by Crippen LogP contribution is -1.96. The van der Waals surface area contributed by atoms with E-state index in [0.717, 1.165) is 4.88 Å². The van der Waals surface area contributed by atoms with Gasteiger partial charge in [-0.1, -0.05) is 17.7 Å². The van der Waals surface area contributed by atoms with Crippen molar-refractivity contribution in [1.82, 2.24) is 5.16 Å². The van der Waals surface area contributed by atoms with Gasteiger partial charge in [0.15, 0.2) is 10.8 Å². The molecule has 3 nitrogen and oxygen atoms in total. The van der Waals surface area contributed by atoms with E-state index in [1.54, 1.807) is 0 Å². The lowest BCUT2D eigenvalue weighted by molar-refractivity contribution is 0.426. The zero-order valence-electron chi connectivity index (χ0n) is 5.83. The molecule has 2 heterocycles. The number of hydrogen-bond acceptors (Lipinski definition) is 3. The Bertz CT molecular complexity index is 428. The molecule has 0 saturated carbocycles. The lowest BCUT2D eigenvalue weighted by Gasteiger charge is -1.86. The Balaban J connectivity index is 2.62. The molecule has 0 aliphatic carbocycles. The second kappa shape index (κ2) is 2.80. The van der Waals surface area contributed by atoms with Gasteiger partial charge >= 0.3 is 0 Å². The molecule has 0 radical (unpaired) electrons. The molecule has 2 aromatic rings. The van der Waals surface area contributed by atoms with Crippen LogP contribution in [0.15, 0.2) is 26.8 Å². The molecule has 2 aromatic heterocycles. The van der Waals surface area contributed by atoms with Gasteiger partial charge in [-0.05, 0) is 11.4 Å². The minimum atomic E-state index is -0.389. The molecule has 0 amide bonds. The van der Waals surface area contributed by atoms with Crippen LogP contribution in [0.3, 0.4) is 0 Å². The maximum absolute atomic E-state index is 10.9.